The molecule has 2 fully saturated rings. The Hall–Kier alpha value is -1.62. The first-order valence-corrected chi connectivity index (χ1v) is 7.40. The highest BCUT2D eigenvalue weighted by atomic mass is 16.2. The number of pyridine rings is 1. The summed E-state index contributed by atoms with van der Waals surface area (Å²) >= 11 is 0. The summed E-state index contributed by atoms with van der Waals surface area (Å²) in [6, 6.07) is 4.76. The van der Waals surface area contributed by atoms with Crippen LogP contribution in [0.1, 0.15) is 24.8 Å². The summed E-state index contributed by atoms with van der Waals surface area (Å²) < 4.78 is 0. The third kappa shape index (κ3) is 3.10. The van der Waals surface area contributed by atoms with Gasteiger partial charge in [-0.25, -0.2) is 4.98 Å². The average molecular weight is 274 g/mol. The molecule has 2 aliphatic rings. The molecule has 20 heavy (non-hydrogen) atoms. The van der Waals surface area contributed by atoms with Gasteiger partial charge < -0.3 is 15.1 Å². The number of hydrogen-bond acceptors (Lipinski definition) is 4. The van der Waals surface area contributed by atoms with Crippen molar-refractivity contribution >= 4 is 11.7 Å². The van der Waals surface area contributed by atoms with Gasteiger partial charge in [0.1, 0.15) is 5.82 Å². The Kier molecular flexibility index (Phi) is 3.87. The monoisotopic (exact) mass is 274 g/mol. The zero-order chi connectivity index (χ0) is 13.9. The van der Waals surface area contributed by atoms with E-state index in [0.29, 0.717) is 12.6 Å². The largest absolute Gasteiger partial charge is 0.347 e. The van der Waals surface area contributed by atoms with Crippen molar-refractivity contribution in [3.05, 3.63) is 23.9 Å². The number of aromatic nitrogens is 1. The molecule has 5 nitrogen and oxygen atoms in total. The Balaban J connectivity index is 1.75. The maximum absolute atomic E-state index is 12.0. The third-order valence-corrected chi connectivity index (χ3v) is 4.00. The second-order valence-electron chi connectivity index (χ2n) is 5.73. The topological polar surface area (TPSA) is 48.5 Å². The number of rotatable bonds is 4. The van der Waals surface area contributed by atoms with E-state index in [2.05, 4.69) is 21.3 Å². The normalized spacial score (nSPS) is 20.1. The highest BCUT2D eigenvalue weighted by molar-refractivity contribution is 5.81. The lowest BCUT2D eigenvalue weighted by Crippen LogP contribution is -2.35. The van der Waals surface area contributed by atoms with Crippen molar-refractivity contribution in [2.75, 3.05) is 31.6 Å². The standard InChI is InChI=1S/C15H22N4O/c1-18-8-3-9-19(11-14(18)20)15-12(4-2-7-16-15)10-17-13-5-6-13/h2,4,7,13,17H,3,5-6,8-11H2,1H3. The molecule has 1 amide bonds. The maximum Gasteiger partial charge on any atom is 0.241 e. The van der Waals surface area contributed by atoms with Crippen molar-refractivity contribution < 1.29 is 4.79 Å². The van der Waals surface area contributed by atoms with Gasteiger partial charge in [-0.1, -0.05) is 6.07 Å². The molecule has 1 aromatic rings. The fourth-order valence-electron chi connectivity index (χ4n) is 2.56. The van der Waals surface area contributed by atoms with Crippen molar-refractivity contribution in [3.8, 4) is 0 Å². The molecule has 0 unspecified atom stereocenters. The number of nitrogens with zero attached hydrogens (tertiary/aromatic N) is 3. The quantitative estimate of drug-likeness (QED) is 0.890. The smallest absolute Gasteiger partial charge is 0.241 e. The van der Waals surface area contributed by atoms with Gasteiger partial charge in [0, 0.05) is 44.5 Å². The first-order valence-electron chi connectivity index (χ1n) is 7.40. The third-order valence-electron chi connectivity index (χ3n) is 4.00. The number of hydrogen-bond donors (Lipinski definition) is 1. The lowest BCUT2D eigenvalue weighted by molar-refractivity contribution is -0.127. The Labute approximate surface area is 120 Å². The van der Waals surface area contributed by atoms with Gasteiger partial charge in [0.05, 0.1) is 6.54 Å². The van der Waals surface area contributed by atoms with Gasteiger partial charge in [0.25, 0.3) is 0 Å². The van der Waals surface area contributed by atoms with Crippen LogP contribution in [0.2, 0.25) is 0 Å². The van der Waals surface area contributed by atoms with E-state index in [4.69, 9.17) is 0 Å². The molecule has 0 bridgehead atoms. The van der Waals surface area contributed by atoms with Crippen LogP contribution >= 0.6 is 0 Å². The van der Waals surface area contributed by atoms with Gasteiger partial charge in [-0.3, -0.25) is 4.79 Å². The SMILES string of the molecule is CN1CCCN(c2ncccc2CNC2CC2)CC1=O. The van der Waals surface area contributed by atoms with Crippen LogP contribution in [0.3, 0.4) is 0 Å². The second-order valence-corrected chi connectivity index (χ2v) is 5.73. The van der Waals surface area contributed by atoms with Crippen LogP contribution in [0.5, 0.6) is 0 Å². The molecule has 1 aliphatic heterocycles. The molecule has 0 atom stereocenters. The highest BCUT2D eigenvalue weighted by Gasteiger charge is 2.23. The van der Waals surface area contributed by atoms with Gasteiger partial charge in [-0.15, -0.1) is 0 Å². The molecule has 0 aromatic carbocycles. The predicted octanol–water partition coefficient (Wildman–Crippen LogP) is 1.00. The Morgan fingerprint density at radius 3 is 3.05 bits per heavy atom. The number of carbonyl (C=O) groups is 1. The van der Waals surface area contributed by atoms with Crippen molar-refractivity contribution in [2.24, 2.45) is 0 Å². The summed E-state index contributed by atoms with van der Waals surface area (Å²) in [6.45, 7) is 3.00. The van der Waals surface area contributed by atoms with E-state index in [1.54, 1.807) is 0 Å². The zero-order valence-corrected chi connectivity index (χ0v) is 12.0. The first-order chi connectivity index (χ1) is 9.74. The van der Waals surface area contributed by atoms with Gasteiger partial charge in [-0.05, 0) is 25.3 Å². The van der Waals surface area contributed by atoms with Crippen LogP contribution in [-0.4, -0.2) is 48.5 Å². The Bertz CT molecular complexity index is 487. The summed E-state index contributed by atoms with van der Waals surface area (Å²) in [6.07, 6.45) is 5.37. The number of anilines is 1. The van der Waals surface area contributed by atoms with E-state index in [0.717, 1.165) is 31.9 Å². The van der Waals surface area contributed by atoms with Crippen LogP contribution in [-0.2, 0) is 11.3 Å². The van der Waals surface area contributed by atoms with E-state index >= 15 is 0 Å². The van der Waals surface area contributed by atoms with E-state index in [1.165, 1.54) is 18.4 Å². The number of carbonyl (C=O) groups excluding carboxylic acids is 1. The van der Waals surface area contributed by atoms with E-state index in [1.807, 2.05) is 24.2 Å². The van der Waals surface area contributed by atoms with Crippen LogP contribution in [0.15, 0.2) is 18.3 Å². The maximum atomic E-state index is 12.0. The molecule has 1 aromatic heterocycles. The fourth-order valence-corrected chi connectivity index (χ4v) is 2.56. The number of amides is 1. The van der Waals surface area contributed by atoms with Crippen LogP contribution in [0.25, 0.3) is 0 Å². The van der Waals surface area contributed by atoms with E-state index < -0.39 is 0 Å². The number of nitrogens with one attached hydrogen (secondary N) is 1. The van der Waals surface area contributed by atoms with Gasteiger partial charge in [0.2, 0.25) is 5.91 Å². The minimum atomic E-state index is 0.175. The van der Waals surface area contributed by atoms with Crippen LogP contribution in [0, 0.1) is 0 Å². The average Bonchev–Trinajstić information content (AvgIpc) is 3.28. The molecule has 1 saturated carbocycles. The minimum absolute atomic E-state index is 0.175. The molecule has 1 N–H and O–H groups in total. The molecule has 108 valence electrons. The molecule has 2 heterocycles. The minimum Gasteiger partial charge on any atom is -0.347 e. The van der Waals surface area contributed by atoms with E-state index in [-0.39, 0.29) is 5.91 Å². The summed E-state index contributed by atoms with van der Waals surface area (Å²) in [5, 5.41) is 3.53. The highest BCUT2D eigenvalue weighted by Crippen LogP contribution is 2.22. The fraction of sp³-hybridized carbons (Fsp3) is 0.600. The lowest BCUT2D eigenvalue weighted by atomic mass is 10.2. The zero-order valence-electron chi connectivity index (χ0n) is 12.0. The summed E-state index contributed by atoms with van der Waals surface area (Å²) in [4.78, 5) is 20.5. The molecule has 1 aliphatic carbocycles. The van der Waals surface area contributed by atoms with Crippen molar-refractivity contribution in [2.45, 2.75) is 31.8 Å². The van der Waals surface area contributed by atoms with Crippen molar-refractivity contribution in [1.82, 2.24) is 15.2 Å². The van der Waals surface area contributed by atoms with Crippen LogP contribution in [0.4, 0.5) is 5.82 Å². The van der Waals surface area contributed by atoms with Crippen molar-refractivity contribution in [1.29, 1.82) is 0 Å². The molecule has 1 saturated heterocycles. The predicted molar refractivity (Wildman–Crippen MR) is 78.6 cm³/mol. The van der Waals surface area contributed by atoms with E-state index in [9.17, 15) is 4.79 Å². The first kappa shape index (κ1) is 13.4. The summed E-state index contributed by atoms with van der Waals surface area (Å²) in [5.41, 5.74) is 1.19. The molecular weight excluding hydrogens is 252 g/mol. The van der Waals surface area contributed by atoms with Gasteiger partial charge in [-0.2, -0.15) is 0 Å². The Morgan fingerprint density at radius 2 is 2.25 bits per heavy atom. The van der Waals surface area contributed by atoms with Crippen LogP contribution < -0.4 is 10.2 Å². The molecule has 3 rings (SSSR count). The molecule has 0 spiro atoms. The van der Waals surface area contributed by atoms with Crippen molar-refractivity contribution in [3.63, 3.8) is 0 Å². The van der Waals surface area contributed by atoms with Gasteiger partial charge in [0.15, 0.2) is 0 Å². The summed E-state index contributed by atoms with van der Waals surface area (Å²) in [7, 11) is 1.87. The lowest BCUT2D eigenvalue weighted by Gasteiger charge is -2.23. The van der Waals surface area contributed by atoms with Gasteiger partial charge >= 0.3 is 0 Å². The second kappa shape index (κ2) is 5.79. The Morgan fingerprint density at radius 1 is 1.40 bits per heavy atom. The summed E-state index contributed by atoms with van der Waals surface area (Å²) in [5.74, 6) is 1.14. The molecule has 0 radical (unpaired) electrons. The number of likely N-dealkylation sites (N-methyl/N-ethyl adjacent to an activating group) is 1. The molecular formula is C15H22N4O. The molecule has 5 heteroatoms.